The molecule has 0 saturated heterocycles. The van der Waals surface area contributed by atoms with Crippen molar-refractivity contribution in [3.63, 3.8) is 0 Å². The molecule has 0 aliphatic heterocycles. The molecule has 144 valence electrons. The van der Waals surface area contributed by atoms with E-state index in [9.17, 15) is 9.59 Å². The van der Waals surface area contributed by atoms with Gasteiger partial charge in [0.2, 0.25) is 5.91 Å². The molecule has 0 saturated carbocycles. The second kappa shape index (κ2) is 9.03. The highest BCUT2D eigenvalue weighted by Gasteiger charge is 2.17. The number of aromatic amines is 1. The Bertz CT molecular complexity index is 960. The van der Waals surface area contributed by atoms with Gasteiger partial charge in [-0.15, -0.1) is 34.4 Å². The average Bonchev–Trinajstić information content (AvgIpc) is 3.28. The Balaban J connectivity index is 1.68. The molecular weight excluding hydrogens is 398 g/mol. The van der Waals surface area contributed by atoms with Crippen molar-refractivity contribution < 1.29 is 4.79 Å². The van der Waals surface area contributed by atoms with Gasteiger partial charge < -0.3 is 10.3 Å². The summed E-state index contributed by atoms with van der Waals surface area (Å²) in [6.45, 7) is 6.93. The molecule has 0 aliphatic carbocycles. The summed E-state index contributed by atoms with van der Waals surface area (Å²) < 4.78 is 0. The SMILES string of the molecule is CC(C)CCNC(=O)CS[C@@H](C)c1nc2scc(-c3cccs3)c2c(=O)[nH]1. The molecule has 27 heavy (non-hydrogen) atoms. The summed E-state index contributed by atoms with van der Waals surface area (Å²) in [7, 11) is 0. The summed E-state index contributed by atoms with van der Waals surface area (Å²) in [6.07, 6.45) is 0.975. The Kier molecular flexibility index (Phi) is 6.73. The lowest BCUT2D eigenvalue weighted by Crippen LogP contribution is -2.27. The predicted molar refractivity (Wildman–Crippen MR) is 117 cm³/mol. The van der Waals surface area contributed by atoms with Gasteiger partial charge in [-0.05, 0) is 30.7 Å². The van der Waals surface area contributed by atoms with Crippen molar-refractivity contribution in [1.82, 2.24) is 15.3 Å². The number of thiophene rings is 2. The molecule has 3 aromatic heterocycles. The fourth-order valence-corrected chi connectivity index (χ4v) is 5.14. The molecule has 3 aromatic rings. The van der Waals surface area contributed by atoms with Crippen LogP contribution in [0.1, 0.15) is 38.3 Å². The van der Waals surface area contributed by atoms with Crippen LogP contribution in [0.2, 0.25) is 0 Å². The summed E-state index contributed by atoms with van der Waals surface area (Å²) in [5.41, 5.74) is 0.823. The van der Waals surface area contributed by atoms with E-state index in [4.69, 9.17) is 0 Å². The molecule has 5 nitrogen and oxygen atoms in total. The van der Waals surface area contributed by atoms with E-state index in [0.717, 1.165) is 21.7 Å². The first-order valence-electron chi connectivity index (χ1n) is 8.89. The first-order valence-corrected chi connectivity index (χ1v) is 11.7. The van der Waals surface area contributed by atoms with Crippen LogP contribution in [-0.4, -0.2) is 28.2 Å². The van der Waals surface area contributed by atoms with Crippen LogP contribution >= 0.6 is 34.4 Å². The summed E-state index contributed by atoms with van der Waals surface area (Å²) in [6, 6.07) is 3.99. The van der Waals surface area contributed by atoms with Gasteiger partial charge in [0.1, 0.15) is 10.7 Å². The van der Waals surface area contributed by atoms with Crippen molar-refractivity contribution in [3.05, 3.63) is 39.1 Å². The van der Waals surface area contributed by atoms with E-state index in [1.54, 1.807) is 11.3 Å². The number of fused-ring (bicyclic) bond motifs is 1. The number of aromatic nitrogens is 2. The fourth-order valence-electron chi connectivity index (χ4n) is 2.60. The molecule has 2 N–H and O–H groups in total. The van der Waals surface area contributed by atoms with Gasteiger partial charge in [0.15, 0.2) is 0 Å². The number of nitrogens with one attached hydrogen (secondary N) is 2. The van der Waals surface area contributed by atoms with Crippen LogP contribution < -0.4 is 10.9 Å². The van der Waals surface area contributed by atoms with Gasteiger partial charge in [0, 0.05) is 22.4 Å². The summed E-state index contributed by atoms with van der Waals surface area (Å²) in [4.78, 5) is 34.0. The number of nitrogens with zero attached hydrogens (tertiary/aromatic N) is 1. The number of hydrogen-bond donors (Lipinski definition) is 2. The lowest BCUT2D eigenvalue weighted by atomic mass is 10.1. The standard InChI is InChI=1S/C19H23N3O2S3/c1-11(2)6-7-20-15(23)10-26-12(3)17-21-18(24)16-13(9-27-19(16)22-17)14-5-4-8-25-14/h4-5,8-9,11-12H,6-7,10H2,1-3H3,(H,20,23)(H,21,22,24)/t12-/m0/s1. The van der Waals surface area contributed by atoms with E-state index < -0.39 is 0 Å². The van der Waals surface area contributed by atoms with Crippen LogP contribution in [0.3, 0.4) is 0 Å². The van der Waals surface area contributed by atoms with Gasteiger partial charge in [-0.3, -0.25) is 9.59 Å². The van der Waals surface area contributed by atoms with Gasteiger partial charge in [0.25, 0.3) is 5.56 Å². The number of thioether (sulfide) groups is 1. The van der Waals surface area contributed by atoms with Crippen molar-refractivity contribution in [2.24, 2.45) is 5.92 Å². The highest BCUT2D eigenvalue weighted by Crippen LogP contribution is 2.34. The lowest BCUT2D eigenvalue weighted by Gasteiger charge is -2.11. The zero-order valence-electron chi connectivity index (χ0n) is 15.6. The first kappa shape index (κ1) is 20.1. The third kappa shape index (κ3) is 5.00. The first-order chi connectivity index (χ1) is 13.0. The molecule has 0 unspecified atom stereocenters. The van der Waals surface area contributed by atoms with Crippen LogP contribution in [-0.2, 0) is 4.79 Å². The maximum atomic E-state index is 12.7. The molecule has 1 amide bonds. The highest BCUT2D eigenvalue weighted by atomic mass is 32.2. The van der Waals surface area contributed by atoms with Crippen molar-refractivity contribution in [3.8, 4) is 10.4 Å². The van der Waals surface area contributed by atoms with Gasteiger partial charge in [-0.25, -0.2) is 4.98 Å². The van der Waals surface area contributed by atoms with E-state index >= 15 is 0 Å². The van der Waals surface area contributed by atoms with Crippen molar-refractivity contribution in [2.45, 2.75) is 32.4 Å². The minimum Gasteiger partial charge on any atom is -0.355 e. The van der Waals surface area contributed by atoms with Gasteiger partial charge >= 0.3 is 0 Å². The molecule has 8 heteroatoms. The number of carbonyl (C=O) groups excluding carboxylic acids is 1. The third-order valence-corrected chi connectivity index (χ3v) is 7.07. The van der Waals surface area contributed by atoms with E-state index in [-0.39, 0.29) is 16.7 Å². The summed E-state index contributed by atoms with van der Waals surface area (Å²) in [5.74, 6) is 1.56. The van der Waals surface area contributed by atoms with Crippen molar-refractivity contribution >= 4 is 50.6 Å². The van der Waals surface area contributed by atoms with Crippen LogP contribution in [0.4, 0.5) is 0 Å². The Labute approximate surface area is 170 Å². The number of hydrogen-bond acceptors (Lipinski definition) is 6. The molecule has 0 aliphatic rings. The third-order valence-electron chi connectivity index (χ3n) is 4.14. The number of H-pyrrole nitrogens is 1. The Hall–Kier alpha value is -1.64. The topological polar surface area (TPSA) is 74.8 Å². The quantitative estimate of drug-likeness (QED) is 0.554. The number of carbonyl (C=O) groups is 1. The van der Waals surface area contributed by atoms with Crippen LogP contribution in [0.5, 0.6) is 0 Å². The second-order valence-electron chi connectivity index (χ2n) is 6.74. The Morgan fingerprint density at radius 2 is 2.15 bits per heavy atom. The van der Waals surface area contributed by atoms with E-state index in [1.807, 2.05) is 29.8 Å². The van der Waals surface area contributed by atoms with E-state index in [0.29, 0.717) is 29.4 Å². The monoisotopic (exact) mass is 421 g/mol. The minimum absolute atomic E-state index is 0.0204. The van der Waals surface area contributed by atoms with E-state index in [1.165, 1.54) is 23.1 Å². The zero-order chi connectivity index (χ0) is 19.4. The molecule has 0 aromatic carbocycles. The lowest BCUT2D eigenvalue weighted by molar-refractivity contribution is -0.118. The Morgan fingerprint density at radius 3 is 2.85 bits per heavy atom. The Morgan fingerprint density at radius 1 is 1.33 bits per heavy atom. The molecule has 3 heterocycles. The average molecular weight is 422 g/mol. The van der Waals surface area contributed by atoms with Gasteiger partial charge in [-0.1, -0.05) is 19.9 Å². The summed E-state index contributed by atoms with van der Waals surface area (Å²) >= 11 is 4.57. The normalized spacial score (nSPS) is 12.6. The highest BCUT2D eigenvalue weighted by molar-refractivity contribution is 8.00. The van der Waals surface area contributed by atoms with Crippen LogP contribution in [0.15, 0.2) is 27.7 Å². The largest absolute Gasteiger partial charge is 0.355 e. The van der Waals surface area contributed by atoms with Gasteiger partial charge in [0.05, 0.1) is 16.4 Å². The van der Waals surface area contributed by atoms with Crippen molar-refractivity contribution in [2.75, 3.05) is 12.3 Å². The maximum absolute atomic E-state index is 12.7. The van der Waals surface area contributed by atoms with Crippen LogP contribution in [0.25, 0.3) is 20.7 Å². The molecule has 1 atom stereocenters. The number of amides is 1. The van der Waals surface area contributed by atoms with Crippen molar-refractivity contribution in [1.29, 1.82) is 0 Å². The molecule has 3 rings (SSSR count). The van der Waals surface area contributed by atoms with Gasteiger partial charge in [-0.2, -0.15) is 0 Å². The zero-order valence-corrected chi connectivity index (χ0v) is 18.0. The predicted octanol–water partition coefficient (Wildman–Crippen LogP) is 4.67. The smallest absolute Gasteiger partial charge is 0.260 e. The second-order valence-corrected chi connectivity index (χ2v) is 9.88. The maximum Gasteiger partial charge on any atom is 0.260 e. The molecule has 0 spiro atoms. The minimum atomic E-state index is -0.117. The summed E-state index contributed by atoms with van der Waals surface area (Å²) in [5, 5.41) is 7.50. The fraction of sp³-hybridized carbons (Fsp3) is 0.421. The molecule has 0 bridgehead atoms. The molecular formula is C19H23N3O2S3. The molecule has 0 fully saturated rings. The van der Waals surface area contributed by atoms with E-state index in [2.05, 4.69) is 29.1 Å². The number of rotatable bonds is 8. The van der Waals surface area contributed by atoms with Crippen LogP contribution in [0, 0.1) is 5.92 Å². The molecule has 0 radical (unpaired) electrons.